The number of nitrogens with zero attached hydrogens (tertiary/aromatic N) is 2. The molecule has 0 aliphatic carbocycles. The summed E-state index contributed by atoms with van der Waals surface area (Å²) in [6, 6.07) is 15.5. The molecule has 19 heavy (non-hydrogen) atoms. The van der Waals surface area contributed by atoms with E-state index >= 15 is 0 Å². The summed E-state index contributed by atoms with van der Waals surface area (Å²) < 4.78 is 1.66. The molecule has 0 unspecified atom stereocenters. The van der Waals surface area contributed by atoms with E-state index in [0.717, 1.165) is 22.2 Å². The first-order valence-corrected chi connectivity index (χ1v) is 6.19. The average Bonchev–Trinajstić information content (AvgIpc) is 2.43. The van der Waals surface area contributed by atoms with Crippen molar-refractivity contribution in [1.29, 1.82) is 0 Å². The molecule has 0 spiro atoms. The van der Waals surface area contributed by atoms with Gasteiger partial charge in [0, 0.05) is 12.6 Å². The zero-order chi connectivity index (χ0) is 13.4. The smallest absolute Gasteiger partial charge is 0.277 e. The van der Waals surface area contributed by atoms with Crippen molar-refractivity contribution in [2.45, 2.75) is 6.92 Å². The predicted molar refractivity (Wildman–Crippen MR) is 77.2 cm³/mol. The molecule has 0 amide bonds. The number of aromatic nitrogens is 2. The van der Waals surface area contributed by atoms with Crippen molar-refractivity contribution in [3.8, 4) is 11.3 Å². The Morgan fingerprint density at radius 2 is 1.79 bits per heavy atom. The fraction of sp³-hybridized carbons (Fsp3) is 0.125. The Balaban J connectivity index is 2.38. The van der Waals surface area contributed by atoms with Crippen LogP contribution in [0.15, 0.2) is 53.3 Å². The molecule has 1 heterocycles. The lowest BCUT2D eigenvalue weighted by Gasteiger charge is -2.08. The van der Waals surface area contributed by atoms with E-state index in [1.54, 1.807) is 11.6 Å². The van der Waals surface area contributed by atoms with Crippen LogP contribution in [0.3, 0.4) is 0 Å². The molecule has 3 nitrogen and oxygen atoms in total. The highest BCUT2D eigenvalue weighted by atomic mass is 16.1. The van der Waals surface area contributed by atoms with E-state index in [-0.39, 0.29) is 5.56 Å². The summed E-state index contributed by atoms with van der Waals surface area (Å²) in [4.78, 5) is 16.9. The maximum atomic E-state index is 12.4. The third-order valence-corrected chi connectivity index (χ3v) is 3.28. The second kappa shape index (κ2) is 4.35. The number of rotatable bonds is 1. The van der Waals surface area contributed by atoms with Crippen LogP contribution in [0, 0.1) is 6.92 Å². The zero-order valence-electron chi connectivity index (χ0n) is 10.9. The van der Waals surface area contributed by atoms with Gasteiger partial charge in [0.05, 0.1) is 11.0 Å². The standard InChI is InChI=1S/C16H14N2O/c1-11-8-9-14-13(10-11)17-15(16(19)18(14)2)12-6-4-3-5-7-12/h3-10H,1-2H3. The molecule has 0 saturated carbocycles. The second-order valence-corrected chi connectivity index (χ2v) is 4.68. The van der Waals surface area contributed by atoms with Gasteiger partial charge in [-0.15, -0.1) is 0 Å². The van der Waals surface area contributed by atoms with Gasteiger partial charge in [0.25, 0.3) is 5.56 Å². The van der Waals surface area contributed by atoms with Crippen molar-refractivity contribution < 1.29 is 0 Å². The molecule has 0 aliphatic rings. The largest absolute Gasteiger partial charge is 0.308 e. The molecule has 0 aliphatic heterocycles. The maximum Gasteiger partial charge on any atom is 0.277 e. The van der Waals surface area contributed by atoms with Gasteiger partial charge in [-0.2, -0.15) is 0 Å². The van der Waals surface area contributed by atoms with E-state index in [0.29, 0.717) is 5.69 Å². The van der Waals surface area contributed by atoms with Gasteiger partial charge in [0.15, 0.2) is 0 Å². The average molecular weight is 250 g/mol. The molecule has 0 fully saturated rings. The van der Waals surface area contributed by atoms with Gasteiger partial charge in [0.2, 0.25) is 0 Å². The molecule has 0 saturated heterocycles. The maximum absolute atomic E-state index is 12.4. The first-order valence-electron chi connectivity index (χ1n) is 6.19. The van der Waals surface area contributed by atoms with Crippen molar-refractivity contribution in [3.05, 3.63) is 64.4 Å². The van der Waals surface area contributed by atoms with Crippen molar-refractivity contribution >= 4 is 11.0 Å². The minimum absolute atomic E-state index is 0.0671. The van der Waals surface area contributed by atoms with Crippen molar-refractivity contribution in [2.75, 3.05) is 0 Å². The minimum Gasteiger partial charge on any atom is -0.308 e. The molecule has 3 rings (SSSR count). The molecule has 94 valence electrons. The summed E-state index contributed by atoms with van der Waals surface area (Å²) in [5.41, 5.74) is 4.13. The first-order chi connectivity index (χ1) is 9.16. The second-order valence-electron chi connectivity index (χ2n) is 4.68. The highest BCUT2D eigenvalue weighted by Gasteiger charge is 2.10. The van der Waals surface area contributed by atoms with Crippen LogP contribution in [0.2, 0.25) is 0 Å². The quantitative estimate of drug-likeness (QED) is 0.665. The Kier molecular flexibility index (Phi) is 2.67. The Morgan fingerprint density at radius 1 is 1.05 bits per heavy atom. The van der Waals surface area contributed by atoms with Crippen LogP contribution in [0.1, 0.15) is 5.56 Å². The molecular weight excluding hydrogens is 236 g/mol. The van der Waals surface area contributed by atoms with E-state index in [1.807, 2.05) is 55.5 Å². The van der Waals surface area contributed by atoms with E-state index in [1.165, 1.54) is 0 Å². The SMILES string of the molecule is Cc1ccc2c(c1)nc(-c1ccccc1)c(=O)n2C. The first kappa shape index (κ1) is 11.7. The highest BCUT2D eigenvalue weighted by Crippen LogP contribution is 2.17. The molecule has 2 aromatic carbocycles. The third-order valence-electron chi connectivity index (χ3n) is 3.28. The van der Waals surface area contributed by atoms with Crippen LogP contribution < -0.4 is 5.56 Å². The topological polar surface area (TPSA) is 34.9 Å². The van der Waals surface area contributed by atoms with E-state index in [4.69, 9.17) is 0 Å². The summed E-state index contributed by atoms with van der Waals surface area (Å²) in [7, 11) is 1.79. The molecule has 3 heteroatoms. The fourth-order valence-corrected chi connectivity index (χ4v) is 2.23. The van der Waals surface area contributed by atoms with Gasteiger partial charge in [-0.3, -0.25) is 4.79 Å². The van der Waals surface area contributed by atoms with Gasteiger partial charge in [-0.1, -0.05) is 36.4 Å². The van der Waals surface area contributed by atoms with Gasteiger partial charge in [-0.05, 0) is 24.6 Å². The number of benzene rings is 2. The van der Waals surface area contributed by atoms with Crippen molar-refractivity contribution in [2.24, 2.45) is 7.05 Å². The molecule has 0 radical (unpaired) electrons. The summed E-state index contributed by atoms with van der Waals surface area (Å²) in [6.07, 6.45) is 0. The van der Waals surface area contributed by atoms with E-state index < -0.39 is 0 Å². The van der Waals surface area contributed by atoms with Crippen molar-refractivity contribution in [3.63, 3.8) is 0 Å². The van der Waals surface area contributed by atoms with Crippen LogP contribution in [0.4, 0.5) is 0 Å². The number of hydrogen-bond acceptors (Lipinski definition) is 2. The van der Waals surface area contributed by atoms with E-state index in [2.05, 4.69) is 4.98 Å². The fourth-order valence-electron chi connectivity index (χ4n) is 2.23. The van der Waals surface area contributed by atoms with E-state index in [9.17, 15) is 4.79 Å². The number of hydrogen-bond donors (Lipinski definition) is 0. The lowest BCUT2D eigenvalue weighted by atomic mass is 10.1. The van der Waals surface area contributed by atoms with Crippen LogP contribution >= 0.6 is 0 Å². The summed E-state index contributed by atoms with van der Waals surface area (Å²) in [6.45, 7) is 2.02. The Bertz CT molecular complexity index is 804. The summed E-state index contributed by atoms with van der Waals surface area (Å²) in [5.74, 6) is 0. The van der Waals surface area contributed by atoms with Crippen LogP contribution in [0.5, 0.6) is 0 Å². The predicted octanol–water partition coefficient (Wildman–Crippen LogP) is 2.91. The third kappa shape index (κ3) is 1.93. The van der Waals surface area contributed by atoms with Crippen molar-refractivity contribution in [1.82, 2.24) is 9.55 Å². The van der Waals surface area contributed by atoms with Gasteiger partial charge >= 0.3 is 0 Å². The summed E-state index contributed by atoms with van der Waals surface area (Å²) >= 11 is 0. The summed E-state index contributed by atoms with van der Waals surface area (Å²) in [5, 5.41) is 0. The molecule has 1 aromatic heterocycles. The number of fused-ring (bicyclic) bond motifs is 1. The van der Waals surface area contributed by atoms with Gasteiger partial charge in [-0.25, -0.2) is 4.98 Å². The molecule has 3 aromatic rings. The Morgan fingerprint density at radius 3 is 2.53 bits per heavy atom. The monoisotopic (exact) mass is 250 g/mol. The van der Waals surface area contributed by atoms with Gasteiger partial charge < -0.3 is 4.57 Å². The zero-order valence-corrected chi connectivity index (χ0v) is 10.9. The van der Waals surface area contributed by atoms with Crippen LogP contribution in [-0.2, 0) is 7.05 Å². The lowest BCUT2D eigenvalue weighted by molar-refractivity contribution is 0.895. The van der Waals surface area contributed by atoms with Crippen LogP contribution in [0.25, 0.3) is 22.3 Å². The number of aryl methyl sites for hydroxylation is 2. The van der Waals surface area contributed by atoms with Crippen LogP contribution in [-0.4, -0.2) is 9.55 Å². The highest BCUT2D eigenvalue weighted by molar-refractivity contribution is 5.78. The molecule has 0 atom stereocenters. The lowest BCUT2D eigenvalue weighted by Crippen LogP contribution is -2.20. The molecule has 0 bridgehead atoms. The molecular formula is C16H14N2O. The normalized spacial score (nSPS) is 10.8. The Hall–Kier alpha value is -2.42. The minimum atomic E-state index is -0.0671. The van der Waals surface area contributed by atoms with Gasteiger partial charge in [0.1, 0.15) is 5.69 Å². The molecule has 0 N–H and O–H groups in total. The Labute approximate surface area is 111 Å².